The Morgan fingerprint density at radius 2 is 1.53 bits per heavy atom. The van der Waals surface area contributed by atoms with Crippen molar-refractivity contribution >= 4 is 10.8 Å². The Morgan fingerprint density at radius 3 is 2.24 bits per heavy atom. The molecule has 0 bridgehead atoms. The van der Waals surface area contributed by atoms with Crippen molar-refractivity contribution in [1.82, 2.24) is 0 Å². The van der Waals surface area contributed by atoms with Gasteiger partial charge in [0.25, 0.3) is 0 Å². The number of halogens is 5. The zero-order valence-electron chi connectivity index (χ0n) is 21.2. The SMILES string of the molecule is CCCC1CCC(c2ccc(-c3ccc4c(F)c(OCc5ccc(F)c(F)c5)c(F)cc4c3)c(F)c2)CC1. The first-order valence-electron chi connectivity index (χ1n) is 13.1. The summed E-state index contributed by atoms with van der Waals surface area (Å²) in [6, 6.07) is 14.2. The lowest BCUT2D eigenvalue weighted by molar-refractivity contribution is 0.275. The van der Waals surface area contributed by atoms with Crippen molar-refractivity contribution in [3.63, 3.8) is 0 Å². The Hall–Kier alpha value is -3.41. The van der Waals surface area contributed by atoms with Gasteiger partial charge in [-0.2, -0.15) is 0 Å². The maximum Gasteiger partial charge on any atom is 0.191 e. The van der Waals surface area contributed by atoms with E-state index in [9.17, 15) is 13.2 Å². The molecule has 0 aliphatic heterocycles. The summed E-state index contributed by atoms with van der Waals surface area (Å²) in [6.07, 6.45) is 6.94. The molecule has 0 aromatic heterocycles. The molecule has 1 aliphatic carbocycles. The van der Waals surface area contributed by atoms with Gasteiger partial charge in [-0.15, -0.1) is 0 Å². The molecule has 0 spiro atoms. The molecule has 1 saturated carbocycles. The molecule has 0 amide bonds. The lowest BCUT2D eigenvalue weighted by Crippen LogP contribution is -2.13. The minimum atomic E-state index is -1.07. The normalized spacial score (nSPS) is 17.6. The Morgan fingerprint density at radius 1 is 0.737 bits per heavy atom. The number of benzene rings is 4. The highest BCUT2D eigenvalue weighted by Gasteiger charge is 2.23. The summed E-state index contributed by atoms with van der Waals surface area (Å²) >= 11 is 0. The Kier molecular flexibility index (Phi) is 7.68. The summed E-state index contributed by atoms with van der Waals surface area (Å²) < 4.78 is 77.0. The summed E-state index contributed by atoms with van der Waals surface area (Å²) in [5, 5.41) is 0.367. The first kappa shape index (κ1) is 26.2. The van der Waals surface area contributed by atoms with E-state index in [1.54, 1.807) is 24.3 Å². The van der Waals surface area contributed by atoms with E-state index in [0.717, 1.165) is 42.5 Å². The zero-order chi connectivity index (χ0) is 26.8. The van der Waals surface area contributed by atoms with E-state index in [0.29, 0.717) is 17.0 Å². The maximum atomic E-state index is 15.2. The van der Waals surface area contributed by atoms with Gasteiger partial charge in [0.05, 0.1) is 0 Å². The van der Waals surface area contributed by atoms with Gasteiger partial charge in [-0.05, 0) is 89.9 Å². The fourth-order valence-corrected chi connectivity index (χ4v) is 5.61. The summed E-state index contributed by atoms with van der Waals surface area (Å²) in [5.41, 5.74) is 2.12. The second kappa shape index (κ2) is 11.1. The fourth-order valence-electron chi connectivity index (χ4n) is 5.61. The highest BCUT2D eigenvalue weighted by Crippen LogP contribution is 2.39. The first-order chi connectivity index (χ1) is 18.3. The van der Waals surface area contributed by atoms with Crippen LogP contribution in [0.4, 0.5) is 22.0 Å². The van der Waals surface area contributed by atoms with Crippen molar-refractivity contribution in [3.05, 3.63) is 101 Å². The van der Waals surface area contributed by atoms with Crippen molar-refractivity contribution in [1.29, 1.82) is 0 Å². The first-order valence-corrected chi connectivity index (χ1v) is 13.1. The van der Waals surface area contributed by atoms with Gasteiger partial charge in [0, 0.05) is 10.9 Å². The third kappa shape index (κ3) is 5.40. The topological polar surface area (TPSA) is 9.23 Å². The van der Waals surface area contributed by atoms with Crippen molar-refractivity contribution in [2.45, 2.75) is 58.0 Å². The maximum absolute atomic E-state index is 15.2. The van der Waals surface area contributed by atoms with Gasteiger partial charge in [0.15, 0.2) is 29.0 Å². The van der Waals surface area contributed by atoms with E-state index >= 15 is 8.78 Å². The van der Waals surface area contributed by atoms with Crippen LogP contribution in [0.1, 0.15) is 62.5 Å². The molecule has 4 aromatic carbocycles. The van der Waals surface area contributed by atoms with E-state index < -0.39 is 29.0 Å². The van der Waals surface area contributed by atoms with Crippen LogP contribution in [0, 0.1) is 35.0 Å². The molecule has 0 saturated heterocycles. The van der Waals surface area contributed by atoms with Crippen molar-refractivity contribution in [2.75, 3.05) is 0 Å². The third-order valence-corrected chi connectivity index (χ3v) is 7.67. The van der Waals surface area contributed by atoms with Crippen LogP contribution in [0.15, 0.2) is 60.7 Å². The predicted molar refractivity (Wildman–Crippen MR) is 140 cm³/mol. The Bertz CT molecular complexity index is 1460. The van der Waals surface area contributed by atoms with E-state index in [4.69, 9.17) is 4.74 Å². The molecule has 6 heteroatoms. The molecular weight excluding hydrogens is 495 g/mol. The number of hydrogen-bond donors (Lipinski definition) is 0. The van der Waals surface area contributed by atoms with E-state index in [2.05, 4.69) is 6.92 Å². The van der Waals surface area contributed by atoms with Gasteiger partial charge < -0.3 is 4.74 Å². The third-order valence-electron chi connectivity index (χ3n) is 7.67. The molecule has 0 N–H and O–H groups in total. The second-order valence-electron chi connectivity index (χ2n) is 10.2. The molecule has 4 aromatic rings. The Labute approximate surface area is 219 Å². The molecule has 1 nitrogen and oxygen atoms in total. The van der Waals surface area contributed by atoms with Gasteiger partial charge in [0.1, 0.15) is 12.4 Å². The summed E-state index contributed by atoms with van der Waals surface area (Å²) in [7, 11) is 0. The largest absolute Gasteiger partial charge is 0.483 e. The van der Waals surface area contributed by atoms with Gasteiger partial charge in [-0.25, -0.2) is 22.0 Å². The summed E-state index contributed by atoms with van der Waals surface area (Å²) in [5.74, 6) is -3.78. The fraction of sp³-hybridized carbons (Fsp3) is 0.312. The molecule has 38 heavy (non-hydrogen) atoms. The van der Waals surface area contributed by atoms with Crippen LogP contribution in [0.25, 0.3) is 21.9 Å². The molecule has 0 heterocycles. The van der Waals surface area contributed by atoms with Crippen molar-refractivity contribution in [3.8, 4) is 16.9 Å². The summed E-state index contributed by atoms with van der Waals surface area (Å²) in [6.45, 7) is 1.87. The van der Waals surface area contributed by atoms with Crippen molar-refractivity contribution < 1.29 is 26.7 Å². The standard InChI is InChI=1S/C32H29F5O/c1-2-3-19-4-7-21(8-5-19)22-9-11-25(28(34)16-22)23-10-12-26-24(15-23)17-30(36)32(31(26)37)38-18-20-6-13-27(33)29(35)14-20/h6,9-17,19,21H,2-5,7-8,18H2,1H3. The van der Waals surface area contributed by atoms with Crippen LogP contribution in [0.5, 0.6) is 5.75 Å². The monoisotopic (exact) mass is 524 g/mol. The van der Waals surface area contributed by atoms with Gasteiger partial charge >= 0.3 is 0 Å². The molecule has 198 valence electrons. The number of ether oxygens (including phenoxy) is 1. The molecule has 0 radical (unpaired) electrons. The van der Waals surface area contributed by atoms with Crippen LogP contribution in [0.2, 0.25) is 0 Å². The second-order valence-corrected chi connectivity index (χ2v) is 10.2. The highest BCUT2D eigenvalue weighted by atomic mass is 19.2. The quantitative estimate of drug-likeness (QED) is 0.219. The van der Waals surface area contributed by atoms with Gasteiger partial charge in [-0.1, -0.05) is 50.1 Å². The zero-order valence-corrected chi connectivity index (χ0v) is 21.2. The Balaban J connectivity index is 1.36. The van der Waals surface area contributed by atoms with Crippen LogP contribution in [-0.2, 0) is 6.61 Å². The smallest absolute Gasteiger partial charge is 0.191 e. The molecule has 0 atom stereocenters. The predicted octanol–water partition coefficient (Wildman–Crippen LogP) is 9.86. The van der Waals surface area contributed by atoms with Crippen molar-refractivity contribution in [2.24, 2.45) is 5.92 Å². The molecular formula is C32H29F5O. The average molecular weight is 525 g/mol. The van der Waals surface area contributed by atoms with E-state index in [1.807, 2.05) is 6.07 Å². The molecule has 1 aliphatic rings. The minimum Gasteiger partial charge on any atom is -0.483 e. The van der Waals surface area contributed by atoms with E-state index in [1.165, 1.54) is 37.8 Å². The minimum absolute atomic E-state index is 0.108. The average Bonchev–Trinajstić information content (AvgIpc) is 2.91. The summed E-state index contributed by atoms with van der Waals surface area (Å²) in [4.78, 5) is 0. The highest BCUT2D eigenvalue weighted by molar-refractivity contribution is 5.89. The number of hydrogen-bond acceptors (Lipinski definition) is 1. The number of fused-ring (bicyclic) bond motifs is 1. The van der Waals surface area contributed by atoms with Crippen LogP contribution >= 0.6 is 0 Å². The van der Waals surface area contributed by atoms with Crippen LogP contribution in [0.3, 0.4) is 0 Å². The lowest BCUT2D eigenvalue weighted by atomic mass is 9.77. The van der Waals surface area contributed by atoms with Gasteiger partial charge in [-0.3, -0.25) is 0 Å². The lowest BCUT2D eigenvalue weighted by Gasteiger charge is -2.28. The number of rotatable bonds is 7. The van der Waals surface area contributed by atoms with E-state index in [-0.39, 0.29) is 28.8 Å². The van der Waals surface area contributed by atoms with Gasteiger partial charge in [0.2, 0.25) is 0 Å². The molecule has 5 rings (SSSR count). The molecule has 1 fully saturated rings. The van der Waals surface area contributed by atoms with Crippen LogP contribution in [-0.4, -0.2) is 0 Å². The van der Waals surface area contributed by atoms with Crippen LogP contribution < -0.4 is 4.74 Å². The molecule has 0 unspecified atom stereocenters.